The lowest BCUT2D eigenvalue weighted by Gasteiger charge is -2.18. The molecule has 0 aromatic heterocycles. The van der Waals surface area contributed by atoms with Gasteiger partial charge < -0.3 is 10.6 Å². The highest BCUT2D eigenvalue weighted by Gasteiger charge is 2.17. The van der Waals surface area contributed by atoms with Crippen molar-refractivity contribution in [1.29, 1.82) is 0 Å². The third-order valence-corrected chi connectivity index (χ3v) is 4.78. The van der Waals surface area contributed by atoms with Crippen molar-refractivity contribution in [2.75, 3.05) is 15.4 Å². The first-order chi connectivity index (χ1) is 12.0. The minimum Gasteiger partial charge on any atom is -0.397 e. The van der Waals surface area contributed by atoms with Crippen LogP contribution < -0.4 is 15.4 Å². The Labute approximate surface area is 144 Å². The Morgan fingerprint density at radius 3 is 2.72 bits per heavy atom. The van der Waals surface area contributed by atoms with E-state index in [4.69, 9.17) is 5.73 Å². The number of nitrogens with zero attached hydrogens (tertiary/aromatic N) is 2. The summed E-state index contributed by atoms with van der Waals surface area (Å²) < 4.78 is 40.5. The van der Waals surface area contributed by atoms with Crippen LogP contribution in [0.4, 0.5) is 21.5 Å². The Balaban J connectivity index is 1.89. The summed E-state index contributed by atoms with van der Waals surface area (Å²) in [6.07, 6.45) is 8.39. The van der Waals surface area contributed by atoms with Gasteiger partial charge in [-0.2, -0.15) is 0 Å². The maximum absolute atomic E-state index is 13.2. The minimum atomic E-state index is -3.88. The van der Waals surface area contributed by atoms with Crippen molar-refractivity contribution in [2.45, 2.75) is 4.90 Å². The molecule has 25 heavy (non-hydrogen) atoms. The first-order valence-electron chi connectivity index (χ1n) is 7.29. The fourth-order valence-corrected chi connectivity index (χ4v) is 3.34. The van der Waals surface area contributed by atoms with Gasteiger partial charge in [-0.1, -0.05) is 6.07 Å². The molecule has 2 aromatic carbocycles. The van der Waals surface area contributed by atoms with Gasteiger partial charge in [-0.25, -0.2) is 12.8 Å². The second-order valence-corrected chi connectivity index (χ2v) is 6.86. The Morgan fingerprint density at radius 1 is 1.12 bits per heavy atom. The van der Waals surface area contributed by atoms with Gasteiger partial charge in [0.15, 0.2) is 0 Å². The van der Waals surface area contributed by atoms with Gasteiger partial charge in [0.05, 0.1) is 22.0 Å². The molecule has 0 radical (unpaired) electrons. The second-order valence-electron chi connectivity index (χ2n) is 5.18. The van der Waals surface area contributed by atoms with E-state index in [1.165, 1.54) is 30.3 Å². The average Bonchev–Trinajstić information content (AvgIpc) is 2.83. The van der Waals surface area contributed by atoms with E-state index in [2.05, 4.69) is 9.71 Å². The molecule has 1 aliphatic rings. The molecule has 0 unspecified atom stereocenters. The molecular formula is C17H15FN4O2S. The molecule has 0 aliphatic carbocycles. The molecule has 0 saturated carbocycles. The van der Waals surface area contributed by atoms with E-state index >= 15 is 0 Å². The van der Waals surface area contributed by atoms with Gasteiger partial charge in [-0.3, -0.25) is 9.71 Å². The number of benzene rings is 2. The molecule has 0 fully saturated rings. The smallest absolute Gasteiger partial charge is 0.261 e. The summed E-state index contributed by atoms with van der Waals surface area (Å²) in [5.74, 6) is -0.531. The summed E-state index contributed by atoms with van der Waals surface area (Å²) in [7, 11) is -3.88. The number of nitrogen functional groups attached to an aromatic ring is 1. The number of hydrogen-bond acceptors (Lipinski definition) is 5. The largest absolute Gasteiger partial charge is 0.397 e. The predicted octanol–water partition coefficient (Wildman–Crippen LogP) is 3.08. The molecule has 0 amide bonds. The molecule has 0 spiro atoms. The van der Waals surface area contributed by atoms with Crippen LogP contribution >= 0.6 is 0 Å². The number of nitrogens with one attached hydrogen (secondary N) is 1. The fourth-order valence-electron chi connectivity index (χ4n) is 2.25. The highest BCUT2D eigenvalue weighted by atomic mass is 32.2. The number of sulfonamides is 1. The summed E-state index contributed by atoms with van der Waals surface area (Å²) in [5.41, 5.74) is 7.04. The van der Waals surface area contributed by atoms with Crippen LogP contribution in [0.15, 0.2) is 77.0 Å². The maximum Gasteiger partial charge on any atom is 0.261 e. The zero-order chi connectivity index (χ0) is 17.9. The third kappa shape index (κ3) is 3.86. The van der Waals surface area contributed by atoms with Crippen molar-refractivity contribution in [2.24, 2.45) is 4.99 Å². The number of aliphatic imine (C=N–C) groups is 1. The molecule has 0 bridgehead atoms. The Bertz CT molecular complexity index is 968. The normalized spacial score (nSPS) is 13.7. The van der Waals surface area contributed by atoms with E-state index in [9.17, 15) is 12.8 Å². The first kappa shape index (κ1) is 16.7. The van der Waals surface area contributed by atoms with E-state index < -0.39 is 15.8 Å². The van der Waals surface area contributed by atoms with E-state index in [-0.39, 0.29) is 16.3 Å². The summed E-state index contributed by atoms with van der Waals surface area (Å²) in [5, 5.41) is 0. The topological polar surface area (TPSA) is 87.8 Å². The van der Waals surface area contributed by atoms with Crippen LogP contribution in [0, 0.1) is 5.82 Å². The first-order valence-corrected chi connectivity index (χ1v) is 8.77. The Morgan fingerprint density at radius 2 is 1.96 bits per heavy atom. The number of anilines is 3. The average molecular weight is 358 g/mol. The van der Waals surface area contributed by atoms with Crippen LogP contribution in [0.25, 0.3) is 0 Å². The molecule has 3 rings (SSSR count). The minimum absolute atomic E-state index is 0.0166. The summed E-state index contributed by atoms with van der Waals surface area (Å²) in [6.45, 7) is 0. The Kier molecular flexibility index (Phi) is 4.53. The second kappa shape index (κ2) is 6.78. The van der Waals surface area contributed by atoms with Crippen molar-refractivity contribution in [3.63, 3.8) is 0 Å². The van der Waals surface area contributed by atoms with Gasteiger partial charge in [-0.05, 0) is 42.5 Å². The van der Waals surface area contributed by atoms with Crippen LogP contribution in [0.2, 0.25) is 0 Å². The van der Waals surface area contributed by atoms with Gasteiger partial charge in [0.1, 0.15) is 5.82 Å². The molecule has 1 aliphatic heterocycles. The summed E-state index contributed by atoms with van der Waals surface area (Å²) in [4.78, 5) is 5.68. The third-order valence-electron chi connectivity index (χ3n) is 3.40. The lowest BCUT2D eigenvalue weighted by molar-refractivity contribution is 0.601. The molecule has 2 aromatic rings. The lowest BCUT2D eigenvalue weighted by atomic mass is 10.2. The van der Waals surface area contributed by atoms with Crippen molar-refractivity contribution in [1.82, 2.24) is 0 Å². The van der Waals surface area contributed by atoms with Gasteiger partial charge in [-0.15, -0.1) is 0 Å². The van der Waals surface area contributed by atoms with Crippen molar-refractivity contribution >= 4 is 33.3 Å². The van der Waals surface area contributed by atoms with Gasteiger partial charge in [0.2, 0.25) is 0 Å². The predicted molar refractivity (Wildman–Crippen MR) is 97.3 cm³/mol. The zero-order valence-electron chi connectivity index (χ0n) is 13.0. The maximum atomic E-state index is 13.2. The quantitative estimate of drug-likeness (QED) is 0.822. The van der Waals surface area contributed by atoms with Crippen molar-refractivity contribution in [3.05, 3.63) is 73.0 Å². The molecule has 8 heteroatoms. The van der Waals surface area contributed by atoms with E-state index in [0.717, 1.165) is 6.07 Å². The zero-order valence-corrected chi connectivity index (χ0v) is 13.8. The molecule has 3 N–H and O–H groups in total. The number of hydrogen-bond donors (Lipinski definition) is 2. The van der Waals surface area contributed by atoms with Crippen LogP contribution in [0.5, 0.6) is 0 Å². The van der Waals surface area contributed by atoms with E-state index in [0.29, 0.717) is 5.69 Å². The van der Waals surface area contributed by atoms with E-state index in [1.807, 2.05) is 0 Å². The van der Waals surface area contributed by atoms with Crippen LogP contribution in [0.3, 0.4) is 0 Å². The number of nitrogens with two attached hydrogens (primary N) is 1. The monoisotopic (exact) mass is 358 g/mol. The van der Waals surface area contributed by atoms with Crippen LogP contribution in [-0.2, 0) is 10.0 Å². The van der Waals surface area contributed by atoms with Crippen LogP contribution in [0.1, 0.15) is 0 Å². The summed E-state index contributed by atoms with van der Waals surface area (Å²) >= 11 is 0. The molecule has 1 heterocycles. The highest BCUT2D eigenvalue weighted by molar-refractivity contribution is 7.92. The number of allylic oxidation sites excluding steroid dienone is 1. The molecule has 0 saturated heterocycles. The van der Waals surface area contributed by atoms with Gasteiger partial charge in [0, 0.05) is 24.8 Å². The van der Waals surface area contributed by atoms with Crippen molar-refractivity contribution < 1.29 is 12.8 Å². The van der Waals surface area contributed by atoms with E-state index in [1.54, 1.807) is 41.9 Å². The summed E-state index contributed by atoms with van der Waals surface area (Å²) in [6, 6.07) is 9.59. The number of rotatable bonds is 4. The SMILES string of the molecule is Nc1cc(S(=O)(=O)Nc2cccc(F)c2)ccc1N1C=CC=NC=C1. The lowest BCUT2D eigenvalue weighted by Crippen LogP contribution is -2.15. The fraction of sp³-hybridized carbons (Fsp3) is 0. The van der Waals surface area contributed by atoms with Gasteiger partial charge >= 0.3 is 0 Å². The molecule has 0 atom stereocenters. The Hall–Kier alpha value is -3.13. The van der Waals surface area contributed by atoms with Crippen LogP contribution in [-0.4, -0.2) is 14.6 Å². The van der Waals surface area contributed by atoms with Crippen molar-refractivity contribution in [3.8, 4) is 0 Å². The number of halogens is 1. The van der Waals surface area contributed by atoms with Gasteiger partial charge in [0.25, 0.3) is 10.0 Å². The highest BCUT2D eigenvalue weighted by Crippen LogP contribution is 2.28. The molecule has 6 nitrogen and oxygen atoms in total. The molecule has 128 valence electrons. The molecular weight excluding hydrogens is 343 g/mol. The standard InChI is InChI=1S/C17H15FN4O2S/c18-13-3-1-4-14(11-13)21-25(23,24)15-5-6-17(16(19)12-15)22-9-2-7-20-8-10-22/h1-12,21H,19H2.